The van der Waals surface area contributed by atoms with Gasteiger partial charge in [0.05, 0.1) is 28.1 Å². The van der Waals surface area contributed by atoms with Gasteiger partial charge < -0.3 is 20.1 Å². The predicted molar refractivity (Wildman–Crippen MR) is 176 cm³/mol. The van der Waals surface area contributed by atoms with Crippen LogP contribution in [-0.4, -0.2) is 33.9 Å². The molecule has 12 heteroatoms. The number of non-ortho nitro benzene ring substituents is 1. The maximum Gasteiger partial charge on any atom is 0.323 e. The minimum Gasteiger partial charge on any atom is -0.490 e. The number of amides is 2. The molecule has 2 N–H and O–H groups in total. The van der Waals surface area contributed by atoms with E-state index >= 15 is 0 Å². The standard InChI is InChI=1S/C33H25Cl2N5O5/c34-23-9-8-22(29(35)18-23)20-39-31-15-10-24(36-33(41)37-30-7-3-5-21-4-1-2-6-27(21)30)19-28(31)32(38-39)45-17-16-44-26-13-11-25(12-14-26)40(42)43/h1-15,18-19H,16-17,20H2,(H2,36,37,41). The van der Waals surface area contributed by atoms with Gasteiger partial charge in [0, 0.05) is 33.3 Å². The summed E-state index contributed by atoms with van der Waals surface area (Å²) in [6.07, 6.45) is 0. The van der Waals surface area contributed by atoms with E-state index in [1.807, 2.05) is 54.6 Å². The number of benzene rings is 5. The molecule has 10 nitrogen and oxygen atoms in total. The number of fused-ring (bicyclic) bond motifs is 2. The van der Waals surface area contributed by atoms with E-state index in [0.29, 0.717) is 45.0 Å². The summed E-state index contributed by atoms with van der Waals surface area (Å²) in [6.45, 7) is 0.661. The Morgan fingerprint density at radius 2 is 1.62 bits per heavy atom. The molecule has 6 aromatic rings. The van der Waals surface area contributed by atoms with Crippen molar-refractivity contribution in [3.05, 3.63) is 129 Å². The van der Waals surface area contributed by atoms with Gasteiger partial charge in [-0.15, -0.1) is 5.10 Å². The number of nitrogens with one attached hydrogen (secondary N) is 2. The van der Waals surface area contributed by atoms with E-state index in [1.165, 1.54) is 24.3 Å². The number of anilines is 2. The smallest absolute Gasteiger partial charge is 0.323 e. The van der Waals surface area contributed by atoms with Crippen molar-refractivity contribution in [2.24, 2.45) is 0 Å². The lowest BCUT2D eigenvalue weighted by Crippen LogP contribution is -2.19. The van der Waals surface area contributed by atoms with Gasteiger partial charge in [0.25, 0.3) is 5.69 Å². The van der Waals surface area contributed by atoms with Gasteiger partial charge in [-0.1, -0.05) is 65.7 Å². The fraction of sp³-hybridized carbons (Fsp3) is 0.0909. The van der Waals surface area contributed by atoms with Crippen molar-refractivity contribution in [2.45, 2.75) is 6.54 Å². The molecule has 0 aliphatic heterocycles. The monoisotopic (exact) mass is 641 g/mol. The van der Waals surface area contributed by atoms with E-state index in [9.17, 15) is 14.9 Å². The van der Waals surface area contributed by atoms with Crippen molar-refractivity contribution in [3.63, 3.8) is 0 Å². The van der Waals surface area contributed by atoms with Crippen LogP contribution in [0.4, 0.5) is 21.9 Å². The van der Waals surface area contributed by atoms with Crippen LogP contribution in [0.25, 0.3) is 21.7 Å². The molecule has 1 aromatic heterocycles. The molecule has 6 rings (SSSR count). The van der Waals surface area contributed by atoms with Crippen molar-refractivity contribution in [1.82, 2.24) is 9.78 Å². The minimum atomic E-state index is -0.470. The highest BCUT2D eigenvalue weighted by atomic mass is 35.5. The first kappa shape index (κ1) is 29.7. The third-order valence-corrected chi connectivity index (χ3v) is 7.57. The average Bonchev–Trinajstić information content (AvgIpc) is 3.37. The molecule has 0 atom stereocenters. The molecule has 45 heavy (non-hydrogen) atoms. The van der Waals surface area contributed by atoms with Gasteiger partial charge in [0.15, 0.2) is 0 Å². The normalized spacial score (nSPS) is 11.0. The number of carbonyl (C=O) groups excluding carboxylic acids is 1. The maximum absolute atomic E-state index is 13.0. The number of nitro groups is 1. The average molecular weight is 642 g/mol. The Bertz CT molecular complexity index is 2030. The Hall–Kier alpha value is -5.32. The van der Waals surface area contributed by atoms with Gasteiger partial charge in [-0.3, -0.25) is 14.8 Å². The SMILES string of the molecule is O=C(Nc1ccc2c(c1)c(OCCOc1ccc([N+](=O)[O-])cc1)nn2Cc1ccc(Cl)cc1Cl)Nc1cccc2ccccc12. The second-order valence-electron chi connectivity index (χ2n) is 9.98. The van der Waals surface area contributed by atoms with E-state index in [1.54, 1.807) is 28.9 Å². The summed E-state index contributed by atoms with van der Waals surface area (Å²) in [5.41, 5.74) is 2.78. The second-order valence-corrected chi connectivity index (χ2v) is 10.8. The quantitative estimate of drug-likeness (QED) is 0.0878. The zero-order valence-electron chi connectivity index (χ0n) is 23.6. The second kappa shape index (κ2) is 13.1. The van der Waals surface area contributed by atoms with Crippen LogP contribution in [0.2, 0.25) is 10.0 Å². The third kappa shape index (κ3) is 6.93. The molecule has 0 fully saturated rings. The summed E-state index contributed by atoms with van der Waals surface area (Å²) < 4.78 is 13.5. The van der Waals surface area contributed by atoms with Crippen LogP contribution in [0.1, 0.15) is 5.56 Å². The van der Waals surface area contributed by atoms with E-state index in [-0.39, 0.29) is 18.9 Å². The summed E-state index contributed by atoms with van der Waals surface area (Å²) in [5.74, 6) is 0.807. The Kier molecular flexibility index (Phi) is 8.68. The highest BCUT2D eigenvalue weighted by Crippen LogP contribution is 2.31. The number of hydrogen-bond acceptors (Lipinski definition) is 6. The number of ether oxygens (including phenoxy) is 2. The van der Waals surface area contributed by atoms with Gasteiger partial charge in [0.1, 0.15) is 19.0 Å². The fourth-order valence-corrected chi connectivity index (χ4v) is 5.32. The summed E-state index contributed by atoms with van der Waals surface area (Å²) in [4.78, 5) is 23.4. The first-order chi connectivity index (χ1) is 21.8. The lowest BCUT2D eigenvalue weighted by molar-refractivity contribution is -0.384. The molecular weight excluding hydrogens is 617 g/mol. The number of aromatic nitrogens is 2. The summed E-state index contributed by atoms with van der Waals surface area (Å²) in [6, 6.07) is 29.6. The van der Waals surface area contributed by atoms with Crippen molar-refractivity contribution in [1.29, 1.82) is 0 Å². The number of nitro benzene ring substituents is 1. The Labute approximate surface area is 267 Å². The Balaban J connectivity index is 1.21. The molecule has 0 aliphatic carbocycles. The van der Waals surface area contributed by atoms with Crippen molar-refractivity contribution >= 4 is 68.0 Å². The molecule has 0 radical (unpaired) electrons. The first-order valence-electron chi connectivity index (χ1n) is 13.8. The summed E-state index contributed by atoms with van der Waals surface area (Å²) in [5, 5.41) is 25.1. The molecule has 0 saturated heterocycles. The van der Waals surface area contributed by atoms with Crippen LogP contribution in [-0.2, 0) is 6.54 Å². The zero-order valence-corrected chi connectivity index (χ0v) is 25.1. The van der Waals surface area contributed by atoms with Crippen molar-refractivity contribution < 1.29 is 19.2 Å². The van der Waals surface area contributed by atoms with Gasteiger partial charge >= 0.3 is 6.03 Å². The van der Waals surface area contributed by atoms with Gasteiger partial charge in [-0.2, -0.15) is 0 Å². The number of hydrogen-bond donors (Lipinski definition) is 2. The van der Waals surface area contributed by atoms with Crippen LogP contribution >= 0.6 is 23.2 Å². The van der Waals surface area contributed by atoms with Crippen LogP contribution in [0.3, 0.4) is 0 Å². The molecule has 2 amide bonds. The van der Waals surface area contributed by atoms with Crippen molar-refractivity contribution in [3.8, 4) is 11.6 Å². The molecule has 0 aliphatic rings. The van der Waals surface area contributed by atoms with Crippen molar-refractivity contribution in [2.75, 3.05) is 23.8 Å². The van der Waals surface area contributed by atoms with Crippen LogP contribution in [0.15, 0.2) is 103 Å². The van der Waals surface area contributed by atoms with Crippen LogP contribution < -0.4 is 20.1 Å². The molecule has 5 aromatic carbocycles. The van der Waals surface area contributed by atoms with Gasteiger partial charge in [0.2, 0.25) is 5.88 Å². The summed E-state index contributed by atoms with van der Waals surface area (Å²) >= 11 is 12.5. The zero-order chi connectivity index (χ0) is 31.3. The molecular formula is C33H25Cl2N5O5. The highest BCUT2D eigenvalue weighted by Gasteiger charge is 2.16. The molecule has 0 spiro atoms. The van der Waals surface area contributed by atoms with E-state index in [2.05, 4.69) is 15.7 Å². The Morgan fingerprint density at radius 1 is 0.844 bits per heavy atom. The minimum absolute atomic E-state index is 0.0217. The van der Waals surface area contributed by atoms with Gasteiger partial charge in [-0.25, -0.2) is 4.79 Å². The maximum atomic E-state index is 13.0. The number of halogens is 2. The lowest BCUT2D eigenvalue weighted by Gasteiger charge is -2.11. The number of carbonyl (C=O) groups is 1. The van der Waals surface area contributed by atoms with E-state index in [0.717, 1.165) is 21.9 Å². The molecule has 1 heterocycles. The highest BCUT2D eigenvalue weighted by molar-refractivity contribution is 6.35. The Morgan fingerprint density at radius 3 is 2.42 bits per heavy atom. The molecule has 0 unspecified atom stereocenters. The number of nitrogens with zero attached hydrogens (tertiary/aromatic N) is 3. The summed E-state index contributed by atoms with van der Waals surface area (Å²) in [7, 11) is 0. The first-order valence-corrected chi connectivity index (χ1v) is 14.6. The lowest BCUT2D eigenvalue weighted by atomic mass is 10.1. The van der Waals surface area contributed by atoms with Gasteiger partial charge in [-0.05, 0) is 59.5 Å². The fourth-order valence-electron chi connectivity index (χ4n) is 4.85. The van der Waals surface area contributed by atoms with Crippen LogP contribution in [0.5, 0.6) is 11.6 Å². The predicted octanol–water partition coefficient (Wildman–Crippen LogP) is 8.55. The molecule has 0 saturated carbocycles. The van der Waals surface area contributed by atoms with E-state index in [4.69, 9.17) is 32.7 Å². The number of rotatable bonds is 10. The molecule has 0 bridgehead atoms. The topological polar surface area (TPSA) is 121 Å². The number of urea groups is 1. The van der Waals surface area contributed by atoms with Crippen LogP contribution in [0, 0.1) is 10.1 Å². The largest absolute Gasteiger partial charge is 0.490 e. The van der Waals surface area contributed by atoms with E-state index < -0.39 is 11.0 Å². The third-order valence-electron chi connectivity index (χ3n) is 6.99. The molecule has 226 valence electrons.